The predicted octanol–water partition coefficient (Wildman–Crippen LogP) is 4.39. The Morgan fingerprint density at radius 2 is 1.81 bits per heavy atom. The molecule has 0 saturated carbocycles. The molecule has 2 rings (SSSR count). The summed E-state index contributed by atoms with van der Waals surface area (Å²) in [5.41, 5.74) is 2.00. The lowest BCUT2D eigenvalue weighted by Crippen LogP contribution is -1.95. The highest BCUT2D eigenvalue weighted by atomic mass is 16.1. The van der Waals surface area contributed by atoms with Crippen LogP contribution in [0.4, 0.5) is 5.69 Å². The third-order valence-electron chi connectivity index (χ3n) is 2.53. The standard InChI is InChI=1S/C16H12N2O.C2H6/c17-12-13-5-4-8-15(11-13)18-10-9-16(19)14-6-2-1-3-7-14;1-2/h1-11,18H;1-2H3/b10-9-;. The third kappa shape index (κ3) is 5.33. The van der Waals surface area contributed by atoms with Gasteiger partial charge < -0.3 is 5.32 Å². The fraction of sp³-hybridized carbons (Fsp3) is 0.111. The number of hydrogen-bond acceptors (Lipinski definition) is 3. The molecule has 0 aliphatic rings. The normalized spacial score (nSPS) is 9.38. The van der Waals surface area contributed by atoms with Gasteiger partial charge >= 0.3 is 0 Å². The molecule has 0 radical (unpaired) electrons. The summed E-state index contributed by atoms with van der Waals surface area (Å²) in [5, 5.41) is 11.7. The molecule has 21 heavy (non-hydrogen) atoms. The van der Waals surface area contributed by atoms with Gasteiger partial charge in [0.15, 0.2) is 5.78 Å². The number of anilines is 1. The van der Waals surface area contributed by atoms with Gasteiger partial charge in [-0.2, -0.15) is 5.26 Å². The molecule has 3 nitrogen and oxygen atoms in total. The maximum Gasteiger partial charge on any atom is 0.187 e. The summed E-state index contributed by atoms with van der Waals surface area (Å²) in [6.07, 6.45) is 3.04. The molecule has 106 valence electrons. The van der Waals surface area contributed by atoms with Crippen molar-refractivity contribution < 1.29 is 4.79 Å². The van der Waals surface area contributed by atoms with E-state index in [-0.39, 0.29) is 5.78 Å². The van der Waals surface area contributed by atoms with Crippen molar-refractivity contribution in [2.45, 2.75) is 13.8 Å². The maximum absolute atomic E-state index is 11.8. The van der Waals surface area contributed by atoms with Gasteiger partial charge in [0.1, 0.15) is 0 Å². The van der Waals surface area contributed by atoms with E-state index in [4.69, 9.17) is 5.26 Å². The van der Waals surface area contributed by atoms with E-state index in [2.05, 4.69) is 11.4 Å². The van der Waals surface area contributed by atoms with Crippen molar-refractivity contribution in [3.05, 3.63) is 78.0 Å². The zero-order valence-corrected chi connectivity index (χ0v) is 12.2. The molecule has 0 heterocycles. The molecule has 3 heteroatoms. The summed E-state index contributed by atoms with van der Waals surface area (Å²) in [5.74, 6) is -0.0652. The summed E-state index contributed by atoms with van der Waals surface area (Å²) < 4.78 is 0. The number of carbonyl (C=O) groups is 1. The van der Waals surface area contributed by atoms with Gasteiger partial charge in [-0.25, -0.2) is 0 Å². The van der Waals surface area contributed by atoms with Crippen molar-refractivity contribution in [1.82, 2.24) is 0 Å². The van der Waals surface area contributed by atoms with Crippen LogP contribution in [-0.4, -0.2) is 5.78 Å². The second-order valence-corrected chi connectivity index (χ2v) is 3.90. The SMILES string of the molecule is CC.N#Cc1cccc(N/C=C\C(=O)c2ccccc2)c1. The molecule has 0 spiro atoms. The second-order valence-electron chi connectivity index (χ2n) is 3.90. The lowest BCUT2D eigenvalue weighted by atomic mass is 10.1. The second kappa shape index (κ2) is 9.11. The fourth-order valence-corrected chi connectivity index (χ4v) is 1.59. The van der Waals surface area contributed by atoms with E-state index in [9.17, 15) is 4.79 Å². The number of nitrogens with zero attached hydrogens (tertiary/aromatic N) is 1. The molecule has 0 unspecified atom stereocenters. The first-order valence-electron chi connectivity index (χ1n) is 6.82. The van der Waals surface area contributed by atoms with E-state index in [1.54, 1.807) is 36.5 Å². The Labute approximate surface area is 125 Å². The summed E-state index contributed by atoms with van der Waals surface area (Å²) in [4.78, 5) is 11.8. The smallest absolute Gasteiger partial charge is 0.187 e. The predicted molar refractivity (Wildman–Crippen MR) is 86.0 cm³/mol. The summed E-state index contributed by atoms with van der Waals surface area (Å²) >= 11 is 0. The first-order valence-corrected chi connectivity index (χ1v) is 6.82. The monoisotopic (exact) mass is 278 g/mol. The largest absolute Gasteiger partial charge is 0.362 e. The van der Waals surface area contributed by atoms with E-state index in [1.807, 2.05) is 38.1 Å². The number of carbonyl (C=O) groups excluding carboxylic acids is 1. The van der Waals surface area contributed by atoms with E-state index >= 15 is 0 Å². The number of nitriles is 1. The van der Waals surface area contributed by atoms with Crippen LogP contribution in [0.2, 0.25) is 0 Å². The van der Waals surface area contributed by atoms with Crippen LogP contribution in [0, 0.1) is 11.3 Å². The number of hydrogen-bond donors (Lipinski definition) is 1. The van der Waals surface area contributed by atoms with Gasteiger partial charge in [-0.1, -0.05) is 50.2 Å². The average Bonchev–Trinajstić information content (AvgIpc) is 2.57. The molecule has 0 saturated heterocycles. The highest BCUT2D eigenvalue weighted by Crippen LogP contribution is 2.09. The topological polar surface area (TPSA) is 52.9 Å². The minimum atomic E-state index is -0.0652. The minimum absolute atomic E-state index is 0.0652. The number of ketones is 1. The number of nitrogens with one attached hydrogen (secondary N) is 1. The van der Waals surface area contributed by atoms with Crippen LogP contribution in [0.15, 0.2) is 66.9 Å². The molecular formula is C18H18N2O. The summed E-state index contributed by atoms with van der Waals surface area (Å²) in [7, 11) is 0. The minimum Gasteiger partial charge on any atom is -0.362 e. The summed E-state index contributed by atoms with van der Waals surface area (Å²) in [6, 6.07) is 18.2. The van der Waals surface area contributed by atoms with Crippen LogP contribution in [0.1, 0.15) is 29.8 Å². The lowest BCUT2D eigenvalue weighted by Gasteiger charge is -2.00. The lowest BCUT2D eigenvalue weighted by molar-refractivity contribution is 0.104. The maximum atomic E-state index is 11.8. The fourth-order valence-electron chi connectivity index (χ4n) is 1.59. The molecule has 0 amide bonds. The molecular weight excluding hydrogens is 260 g/mol. The van der Waals surface area contributed by atoms with Crippen molar-refractivity contribution in [2.75, 3.05) is 5.32 Å². The Bertz CT molecular complexity index is 640. The Kier molecular flexibility index (Phi) is 7.02. The number of allylic oxidation sites excluding steroid dienone is 1. The van der Waals surface area contributed by atoms with Gasteiger partial charge in [-0.15, -0.1) is 0 Å². The Hall–Kier alpha value is -2.86. The number of rotatable bonds is 4. The quantitative estimate of drug-likeness (QED) is 0.666. The van der Waals surface area contributed by atoms with Gasteiger partial charge in [0.05, 0.1) is 11.6 Å². The van der Waals surface area contributed by atoms with Crippen LogP contribution in [0.3, 0.4) is 0 Å². The van der Waals surface area contributed by atoms with Crippen LogP contribution in [-0.2, 0) is 0 Å². The van der Waals surface area contributed by atoms with Gasteiger partial charge in [0, 0.05) is 23.5 Å². The highest BCUT2D eigenvalue weighted by Gasteiger charge is 1.99. The average molecular weight is 278 g/mol. The molecule has 0 bridgehead atoms. The van der Waals surface area contributed by atoms with Crippen molar-refractivity contribution in [3.63, 3.8) is 0 Å². The Morgan fingerprint density at radius 1 is 1.10 bits per heavy atom. The zero-order valence-electron chi connectivity index (χ0n) is 12.2. The Balaban J connectivity index is 0.00000106. The molecule has 2 aromatic carbocycles. The van der Waals surface area contributed by atoms with E-state index in [1.165, 1.54) is 6.08 Å². The van der Waals surface area contributed by atoms with Crippen LogP contribution < -0.4 is 5.32 Å². The van der Waals surface area contributed by atoms with Gasteiger partial charge in [-0.3, -0.25) is 4.79 Å². The van der Waals surface area contributed by atoms with Crippen molar-refractivity contribution in [2.24, 2.45) is 0 Å². The molecule has 2 aromatic rings. The first-order chi connectivity index (χ1) is 10.3. The van der Waals surface area contributed by atoms with E-state index < -0.39 is 0 Å². The molecule has 0 fully saturated rings. The van der Waals surface area contributed by atoms with Crippen molar-refractivity contribution in [3.8, 4) is 6.07 Å². The van der Waals surface area contributed by atoms with Crippen LogP contribution in [0.25, 0.3) is 0 Å². The van der Waals surface area contributed by atoms with Crippen LogP contribution >= 0.6 is 0 Å². The summed E-state index contributed by atoms with van der Waals surface area (Å²) in [6.45, 7) is 4.00. The molecule has 0 atom stereocenters. The number of benzene rings is 2. The molecule has 0 aliphatic heterocycles. The molecule has 0 aliphatic carbocycles. The molecule has 1 N–H and O–H groups in total. The van der Waals surface area contributed by atoms with Gasteiger partial charge in [0.2, 0.25) is 0 Å². The Morgan fingerprint density at radius 3 is 2.48 bits per heavy atom. The van der Waals surface area contributed by atoms with E-state index in [0.717, 1.165) is 5.69 Å². The molecule has 0 aromatic heterocycles. The van der Waals surface area contributed by atoms with Gasteiger partial charge in [-0.05, 0) is 18.2 Å². The van der Waals surface area contributed by atoms with Gasteiger partial charge in [0.25, 0.3) is 0 Å². The van der Waals surface area contributed by atoms with Crippen molar-refractivity contribution >= 4 is 11.5 Å². The van der Waals surface area contributed by atoms with Crippen LogP contribution in [0.5, 0.6) is 0 Å². The van der Waals surface area contributed by atoms with Crippen molar-refractivity contribution in [1.29, 1.82) is 5.26 Å². The first kappa shape index (κ1) is 16.2. The zero-order chi connectivity index (χ0) is 15.5. The highest BCUT2D eigenvalue weighted by molar-refractivity contribution is 6.04. The third-order valence-corrected chi connectivity index (χ3v) is 2.53. The van der Waals surface area contributed by atoms with E-state index in [0.29, 0.717) is 11.1 Å².